The summed E-state index contributed by atoms with van der Waals surface area (Å²) in [6.45, 7) is 4.34. The molecule has 0 fully saturated rings. The maximum Gasteiger partial charge on any atom is 0.194 e. The monoisotopic (exact) mass is 363 g/mol. The van der Waals surface area contributed by atoms with E-state index in [4.69, 9.17) is 4.99 Å². The minimum absolute atomic E-state index is 0.615. The summed E-state index contributed by atoms with van der Waals surface area (Å²) in [5.74, 6) is 0.895. The van der Waals surface area contributed by atoms with E-state index in [-0.39, 0.29) is 0 Å². The quantitative estimate of drug-likeness (QED) is 0.656. The molecule has 0 aliphatic rings. The lowest BCUT2D eigenvalue weighted by Crippen LogP contribution is -2.38. The molecule has 0 amide bonds. The highest BCUT2D eigenvalue weighted by atomic mass is 79.9. The van der Waals surface area contributed by atoms with Crippen LogP contribution in [0.5, 0.6) is 0 Å². The van der Waals surface area contributed by atoms with Crippen molar-refractivity contribution in [1.29, 1.82) is 0 Å². The van der Waals surface area contributed by atoms with Crippen LogP contribution in [-0.4, -0.2) is 34.2 Å². The van der Waals surface area contributed by atoms with Crippen LogP contribution in [0.1, 0.15) is 18.2 Å². The van der Waals surface area contributed by atoms with Gasteiger partial charge in [-0.15, -0.1) is 0 Å². The van der Waals surface area contributed by atoms with Crippen molar-refractivity contribution in [2.75, 3.05) is 13.6 Å². The van der Waals surface area contributed by atoms with Gasteiger partial charge in [0.25, 0.3) is 0 Å². The van der Waals surface area contributed by atoms with Crippen molar-refractivity contribution < 1.29 is 0 Å². The molecule has 22 heavy (non-hydrogen) atoms. The SMILES string of the molecule is CCNC(=NCc1ccnn1C)N(C)Cc1ccc(Br)cc1. The number of halogens is 1. The standard InChI is InChI=1S/C16H22BrN5/c1-4-18-16(19-11-15-9-10-20-22(15)3)21(2)12-13-5-7-14(17)8-6-13/h5-10H,4,11-12H2,1-3H3,(H,18,19). The summed E-state index contributed by atoms with van der Waals surface area (Å²) in [6.07, 6.45) is 1.79. The van der Waals surface area contributed by atoms with E-state index in [1.807, 2.05) is 24.8 Å². The van der Waals surface area contributed by atoms with E-state index in [0.29, 0.717) is 6.54 Å². The number of nitrogens with zero attached hydrogens (tertiary/aromatic N) is 4. The number of hydrogen-bond donors (Lipinski definition) is 1. The van der Waals surface area contributed by atoms with Crippen LogP contribution in [0.2, 0.25) is 0 Å². The highest BCUT2D eigenvalue weighted by Gasteiger charge is 2.07. The van der Waals surface area contributed by atoms with E-state index in [2.05, 4.69) is 62.4 Å². The summed E-state index contributed by atoms with van der Waals surface area (Å²) >= 11 is 3.46. The Hall–Kier alpha value is -1.82. The molecule has 1 N–H and O–H groups in total. The van der Waals surface area contributed by atoms with Gasteiger partial charge in [-0.2, -0.15) is 5.10 Å². The van der Waals surface area contributed by atoms with E-state index in [0.717, 1.165) is 29.2 Å². The lowest BCUT2D eigenvalue weighted by atomic mass is 10.2. The third-order valence-electron chi connectivity index (χ3n) is 3.34. The first-order chi connectivity index (χ1) is 10.6. The van der Waals surface area contributed by atoms with Crippen molar-refractivity contribution in [3.8, 4) is 0 Å². The molecule has 2 aromatic rings. The second kappa shape index (κ2) is 7.98. The molecular formula is C16H22BrN5. The van der Waals surface area contributed by atoms with Crippen molar-refractivity contribution in [2.45, 2.75) is 20.0 Å². The highest BCUT2D eigenvalue weighted by molar-refractivity contribution is 9.10. The Kier molecular flexibility index (Phi) is 6.00. The second-order valence-electron chi connectivity index (χ2n) is 5.10. The summed E-state index contributed by atoms with van der Waals surface area (Å²) in [6, 6.07) is 10.3. The van der Waals surface area contributed by atoms with Crippen LogP contribution in [0.25, 0.3) is 0 Å². The molecule has 0 atom stereocenters. The van der Waals surface area contributed by atoms with Gasteiger partial charge in [0.2, 0.25) is 0 Å². The van der Waals surface area contributed by atoms with Crippen LogP contribution >= 0.6 is 15.9 Å². The van der Waals surface area contributed by atoms with E-state index < -0.39 is 0 Å². The van der Waals surface area contributed by atoms with Crippen LogP contribution in [0.4, 0.5) is 0 Å². The molecule has 1 heterocycles. The van der Waals surface area contributed by atoms with Gasteiger partial charge in [-0.05, 0) is 30.7 Å². The summed E-state index contributed by atoms with van der Waals surface area (Å²) in [5.41, 5.74) is 2.34. The number of hydrogen-bond acceptors (Lipinski definition) is 2. The van der Waals surface area contributed by atoms with Gasteiger partial charge in [-0.1, -0.05) is 28.1 Å². The molecule has 0 bridgehead atoms. The Labute approximate surface area is 140 Å². The van der Waals surface area contributed by atoms with Gasteiger partial charge in [0.05, 0.1) is 12.2 Å². The Morgan fingerprint density at radius 1 is 1.32 bits per heavy atom. The molecule has 0 unspecified atom stereocenters. The molecule has 1 aromatic carbocycles. The van der Waals surface area contributed by atoms with Crippen molar-refractivity contribution in [1.82, 2.24) is 20.0 Å². The van der Waals surface area contributed by atoms with Gasteiger partial charge in [0.15, 0.2) is 5.96 Å². The minimum Gasteiger partial charge on any atom is -0.357 e. The fourth-order valence-electron chi connectivity index (χ4n) is 2.12. The number of nitrogens with one attached hydrogen (secondary N) is 1. The van der Waals surface area contributed by atoms with Gasteiger partial charge in [0, 0.05) is 37.9 Å². The summed E-state index contributed by atoms with van der Waals surface area (Å²) in [5, 5.41) is 7.50. The molecule has 0 radical (unpaired) electrons. The van der Waals surface area contributed by atoms with Gasteiger partial charge in [-0.3, -0.25) is 4.68 Å². The Balaban J connectivity index is 2.05. The molecule has 2 rings (SSSR count). The number of guanidine groups is 1. The summed E-state index contributed by atoms with van der Waals surface area (Å²) in [4.78, 5) is 6.82. The minimum atomic E-state index is 0.615. The molecule has 5 nitrogen and oxygen atoms in total. The van der Waals surface area contributed by atoms with E-state index in [1.165, 1.54) is 5.56 Å². The van der Waals surface area contributed by atoms with Crippen LogP contribution in [0, 0.1) is 0 Å². The Morgan fingerprint density at radius 3 is 2.64 bits per heavy atom. The zero-order valence-electron chi connectivity index (χ0n) is 13.3. The van der Waals surface area contributed by atoms with E-state index >= 15 is 0 Å². The first-order valence-electron chi connectivity index (χ1n) is 7.31. The van der Waals surface area contributed by atoms with Gasteiger partial charge >= 0.3 is 0 Å². The topological polar surface area (TPSA) is 45.5 Å². The van der Waals surface area contributed by atoms with Crippen molar-refractivity contribution in [3.63, 3.8) is 0 Å². The fourth-order valence-corrected chi connectivity index (χ4v) is 2.38. The molecular weight excluding hydrogens is 342 g/mol. The van der Waals surface area contributed by atoms with Crippen LogP contribution < -0.4 is 5.32 Å². The summed E-state index contributed by atoms with van der Waals surface area (Å²) in [7, 11) is 3.98. The van der Waals surface area contributed by atoms with Gasteiger partial charge in [0.1, 0.15) is 0 Å². The van der Waals surface area contributed by atoms with Crippen molar-refractivity contribution in [3.05, 3.63) is 52.3 Å². The first kappa shape index (κ1) is 16.5. The normalized spacial score (nSPS) is 11.5. The molecule has 6 heteroatoms. The number of aliphatic imine (C=N–C) groups is 1. The van der Waals surface area contributed by atoms with E-state index in [9.17, 15) is 0 Å². The summed E-state index contributed by atoms with van der Waals surface area (Å²) < 4.78 is 2.94. The molecule has 0 spiro atoms. The molecule has 1 aromatic heterocycles. The zero-order valence-corrected chi connectivity index (χ0v) is 14.8. The zero-order chi connectivity index (χ0) is 15.9. The van der Waals surface area contributed by atoms with Gasteiger partial charge < -0.3 is 10.2 Å². The highest BCUT2D eigenvalue weighted by Crippen LogP contribution is 2.12. The molecule has 0 saturated carbocycles. The molecule has 118 valence electrons. The predicted molar refractivity (Wildman–Crippen MR) is 93.6 cm³/mol. The third kappa shape index (κ3) is 4.59. The lowest BCUT2D eigenvalue weighted by molar-refractivity contribution is 0.476. The van der Waals surface area contributed by atoms with Crippen LogP contribution in [0.15, 0.2) is 46.0 Å². The molecule has 0 aliphatic carbocycles. The maximum absolute atomic E-state index is 4.69. The number of benzene rings is 1. The molecule has 0 saturated heterocycles. The van der Waals surface area contributed by atoms with Crippen LogP contribution in [-0.2, 0) is 20.1 Å². The number of aromatic nitrogens is 2. The first-order valence-corrected chi connectivity index (χ1v) is 8.10. The Bertz CT molecular complexity index is 618. The van der Waals surface area contributed by atoms with Crippen molar-refractivity contribution >= 4 is 21.9 Å². The molecule has 0 aliphatic heterocycles. The number of rotatable bonds is 5. The second-order valence-corrected chi connectivity index (χ2v) is 6.01. The smallest absolute Gasteiger partial charge is 0.194 e. The Morgan fingerprint density at radius 2 is 2.05 bits per heavy atom. The van der Waals surface area contributed by atoms with Crippen LogP contribution in [0.3, 0.4) is 0 Å². The fraction of sp³-hybridized carbons (Fsp3) is 0.375. The predicted octanol–water partition coefficient (Wildman–Crippen LogP) is 2.78. The largest absolute Gasteiger partial charge is 0.357 e. The van der Waals surface area contributed by atoms with E-state index in [1.54, 1.807) is 6.20 Å². The lowest BCUT2D eigenvalue weighted by Gasteiger charge is -2.22. The average molecular weight is 364 g/mol. The third-order valence-corrected chi connectivity index (χ3v) is 3.87. The maximum atomic E-state index is 4.69. The van der Waals surface area contributed by atoms with Gasteiger partial charge in [-0.25, -0.2) is 4.99 Å². The van der Waals surface area contributed by atoms with Crippen molar-refractivity contribution in [2.24, 2.45) is 12.0 Å². The average Bonchev–Trinajstić information content (AvgIpc) is 2.91. The number of aryl methyl sites for hydroxylation is 1.